The van der Waals surface area contributed by atoms with Crippen molar-refractivity contribution in [1.82, 2.24) is 4.90 Å². The number of nitrogens with zero attached hydrogens (tertiary/aromatic N) is 1. The first-order chi connectivity index (χ1) is 18.1. The molecule has 0 fully saturated rings. The average Bonchev–Trinajstić information content (AvgIpc) is 3.44. The maximum atomic E-state index is 12.8. The fourth-order valence-electron chi connectivity index (χ4n) is 6.11. The number of carbonyl (C=O) groups excluding carboxylic acids is 1. The van der Waals surface area contributed by atoms with Gasteiger partial charge in [-0.25, -0.2) is 0 Å². The van der Waals surface area contributed by atoms with E-state index in [1.807, 2.05) is 17.4 Å². The molecule has 0 radical (unpaired) electrons. The number of fused-ring (bicyclic) bond motifs is 1. The molecule has 37 heavy (non-hydrogen) atoms. The summed E-state index contributed by atoms with van der Waals surface area (Å²) in [5.74, 6) is 2.22. The maximum Gasteiger partial charge on any atom is 0.311 e. The Balaban J connectivity index is 1.52. The van der Waals surface area contributed by atoms with Gasteiger partial charge in [0.2, 0.25) is 0 Å². The smallest absolute Gasteiger partial charge is 0.311 e. The van der Waals surface area contributed by atoms with Crippen molar-refractivity contribution in [2.24, 2.45) is 11.8 Å². The molecule has 1 aliphatic carbocycles. The van der Waals surface area contributed by atoms with Crippen molar-refractivity contribution < 1.29 is 9.53 Å². The number of benzene rings is 1. The molecular weight excluding hydrogens is 474 g/mol. The number of rotatable bonds is 17. The zero-order valence-electron chi connectivity index (χ0n) is 24.0. The highest BCUT2D eigenvalue weighted by molar-refractivity contribution is 7.09. The van der Waals surface area contributed by atoms with Crippen molar-refractivity contribution in [3.63, 3.8) is 0 Å². The van der Waals surface area contributed by atoms with Crippen LogP contribution in [0.15, 0.2) is 35.7 Å². The van der Waals surface area contributed by atoms with Gasteiger partial charge in [0.25, 0.3) is 0 Å². The zero-order chi connectivity index (χ0) is 26.5. The molecule has 0 bridgehead atoms. The van der Waals surface area contributed by atoms with Crippen molar-refractivity contribution in [2.75, 3.05) is 13.1 Å². The number of ether oxygens (including phenoxy) is 1. The molecule has 0 amide bonds. The quantitative estimate of drug-likeness (QED) is 0.153. The van der Waals surface area contributed by atoms with Crippen molar-refractivity contribution in [1.29, 1.82) is 0 Å². The van der Waals surface area contributed by atoms with Crippen molar-refractivity contribution in [2.45, 2.75) is 117 Å². The second-order valence-electron chi connectivity index (χ2n) is 11.1. The number of hydrogen-bond donors (Lipinski definition) is 0. The van der Waals surface area contributed by atoms with E-state index in [1.54, 1.807) is 0 Å². The van der Waals surface area contributed by atoms with Crippen LogP contribution in [0.4, 0.5) is 0 Å². The Morgan fingerprint density at radius 3 is 2.43 bits per heavy atom. The summed E-state index contributed by atoms with van der Waals surface area (Å²) in [4.78, 5) is 17.0. The van der Waals surface area contributed by atoms with Gasteiger partial charge in [-0.15, -0.1) is 11.3 Å². The van der Waals surface area contributed by atoms with Gasteiger partial charge in [-0.05, 0) is 85.5 Å². The van der Waals surface area contributed by atoms with E-state index < -0.39 is 0 Å². The summed E-state index contributed by atoms with van der Waals surface area (Å²) in [7, 11) is 0. The first-order valence-electron chi connectivity index (χ1n) is 15.2. The molecule has 1 aromatic heterocycles. The molecular formula is C33H51NO2S. The SMILES string of the molecule is CCCC(CC)CCC(CC)CCC(=O)Oc1cccc2c1CCC(N(CCC)CCc1cccs1)C2. The highest BCUT2D eigenvalue weighted by Gasteiger charge is 2.26. The van der Waals surface area contributed by atoms with E-state index in [-0.39, 0.29) is 5.97 Å². The van der Waals surface area contributed by atoms with Gasteiger partial charge in [-0.3, -0.25) is 9.69 Å². The first-order valence-corrected chi connectivity index (χ1v) is 16.0. The molecule has 3 atom stereocenters. The second kappa shape index (κ2) is 16.3. The Morgan fingerprint density at radius 2 is 1.76 bits per heavy atom. The molecule has 1 heterocycles. The third-order valence-electron chi connectivity index (χ3n) is 8.48. The summed E-state index contributed by atoms with van der Waals surface area (Å²) in [6.07, 6.45) is 14.6. The highest BCUT2D eigenvalue weighted by Crippen LogP contribution is 2.32. The van der Waals surface area contributed by atoms with E-state index in [2.05, 4.69) is 62.2 Å². The molecule has 2 aromatic rings. The standard InChI is InChI=1S/C33H51NO2S/c1-5-11-26(7-3)15-16-27(8-4)17-20-33(35)36-32-14-9-12-28-25-29(18-19-31(28)32)34(22-6-2)23-21-30-13-10-24-37-30/h9-10,12-14,24,26-27,29H,5-8,11,15-23,25H2,1-4H3. The zero-order valence-corrected chi connectivity index (χ0v) is 24.8. The Kier molecular flexibility index (Phi) is 13.2. The van der Waals surface area contributed by atoms with Gasteiger partial charge < -0.3 is 4.74 Å². The van der Waals surface area contributed by atoms with Crippen LogP contribution in [0, 0.1) is 11.8 Å². The summed E-state index contributed by atoms with van der Waals surface area (Å²) in [6.45, 7) is 11.4. The molecule has 0 saturated carbocycles. The highest BCUT2D eigenvalue weighted by atomic mass is 32.1. The monoisotopic (exact) mass is 525 g/mol. The maximum absolute atomic E-state index is 12.8. The van der Waals surface area contributed by atoms with Gasteiger partial charge in [0.05, 0.1) is 0 Å². The van der Waals surface area contributed by atoms with E-state index in [0.717, 1.165) is 63.3 Å². The van der Waals surface area contributed by atoms with E-state index in [4.69, 9.17) is 4.74 Å². The minimum absolute atomic E-state index is 0.0573. The number of esters is 1. The molecule has 0 spiro atoms. The number of thiophene rings is 1. The van der Waals surface area contributed by atoms with Crippen LogP contribution < -0.4 is 4.74 Å². The van der Waals surface area contributed by atoms with E-state index in [0.29, 0.717) is 18.4 Å². The fraction of sp³-hybridized carbons (Fsp3) is 0.667. The first kappa shape index (κ1) is 29.9. The molecule has 1 aliphatic rings. The Bertz CT molecular complexity index is 909. The van der Waals surface area contributed by atoms with Crippen molar-refractivity contribution in [3.8, 4) is 5.75 Å². The van der Waals surface area contributed by atoms with Gasteiger partial charge in [-0.2, -0.15) is 0 Å². The van der Waals surface area contributed by atoms with Gasteiger partial charge in [0.1, 0.15) is 5.75 Å². The number of carbonyl (C=O) groups is 1. The lowest BCUT2D eigenvalue weighted by Crippen LogP contribution is -2.41. The molecule has 4 heteroatoms. The lowest BCUT2D eigenvalue weighted by atomic mass is 9.86. The largest absolute Gasteiger partial charge is 0.426 e. The minimum Gasteiger partial charge on any atom is -0.426 e. The van der Waals surface area contributed by atoms with Crippen LogP contribution in [-0.4, -0.2) is 30.0 Å². The molecule has 206 valence electrons. The van der Waals surface area contributed by atoms with Crippen molar-refractivity contribution >= 4 is 17.3 Å². The molecule has 1 aromatic carbocycles. The Labute approximate surface area is 231 Å². The van der Waals surface area contributed by atoms with Crippen LogP contribution in [-0.2, 0) is 24.1 Å². The second-order valence-corrected chi connectivity index (χ2v) is 12.1. The molecule has 3 rings (SSSR count). The van der Waals surface area contributed by atoms with Gasteiger partial charge in [0, 0.05) is 23.9 Å². The molecule has 3 nitrogen and oxygen atoms in total. The summed E-state index contributed by atoms with van der Waals surface area (Å²) >= 11 is 1.86. The van der Waals surface area contributed by atoms with E-state index >= 15 is 0 Å². The molecule has 3 unspecified atom stereocenters. The third-order valence-corrected chi connectivity index (χ3v) is 9.42. The summed E-state index contributed by atoms with van der Waals surface area (Å²) < 4.78 is 5.98. The van der Waals surface area contributed by atoms with Gasteiger partial charge in [-0.1, -0.05) is 84.4 Å². The van der Waals surface area contributed by atoms with Crippen LogP contribution in [0.3, 0.4) is 0 Å². The summed E-state index contributed by atoms with van der Waals surface area (Å²) in [6, 6.07) is 11.3. The Hall–Kier alpha value is -1.65. The van der Waals surface area contributed by atoms with Crippen LogP contribution in [0.1, 0.15) is 108 Å². The van der Waals surface area contributed by atoms with E-state index in [9.17, 15) is 4.79 Å². The normalized spacial score (nSPS) is 16.9. The van der Waals surface area contributed by atoms with Crippen LogP contribution >= 0.6 is 11.3 Å². The predicted molar refractivity (Wildman–Crippen MR) is 159 cm³/mol. The summed E-state index contributed by atoms with van der Waals surface area (Å²) in [5, 5.41) is 2.18. The van der Waals surface area contributed by atoms with Crippen LogP contribution in [0.5, 0.6) is 5.75 Å². The topological polar surface area (TPSA) is 29.5 Å². The lowest BCUT2D eigenvalue weighted by Gasteiger charge is -2.35. The van der Waals surface area contributed by atoms with Gasteiger partial charge >= 0.3 is 5.97 Å². The molecule has 0 aliphatic heterocycles. The van der Waals surface area contributed by atoms with E-state index in [1.165, 1.54) is 54.5 Å². The molecule has 0 saturated heterocycles. The summed E-state index contributed by atoms with van der Waals surface area (Å²) in [5.41, 5.74) is 2.63. The fourth-order valence-corrected chi connectivity index (χ4v) is 6.81. The Morgan fingerprint density at radius 1 is 0.973 bits per heavy atom. The average molecular weight is 526 g/mol. The van der Waals surface area contributed by atoms with Crippen LogP contribution in [0.25, 0.3) is 0 Å². The number of hydrogen-bond acceptors (Lipinski definition) is 4. The predicted octanol–water partition coefficient (Wildman–Crippen LogP) is 8.88. The third kappa shape index (κ3) is 9.55. The van der Waals surface area contributed by atoms with Crippen LogP contribution in [0.2, 0.25) is 0 Å². The molecule has 0 N–H and O–H groups in total. The lowest BCUT2D eigenvalue weighted by molar-refractivity contribution is -0.134. The van der Waals surface area contributed by atoms with Gasteiger partial charge in [0.15, 0.2) is 0 Å². The minimum atomic E-state index is -0.0573. The van der Waals surface area contributed by atoms with Crippen molar-refractivity contribution in [3.05, 3.63) is 51.7 Å².